The number of aliphatic carboxylic acids is 1. The third kappa shape index (κ3) is 1.32. The molecule has 1 aliphatic rings. The summed E-state index contributed by atoms with van der Waals surface area (Å²) in [5.74, 6) is -1.41. The van der Waals surface area contributed by atoms with Crippen molar-refractivity contribution in [2.75, 3.05) is 13.2 Å². The largest absolute Gasteiger partial charge is 0.479 e. The van der Waals surface area contributed by atoms with E-state index in [0.717, 1.165) is 0 Å². The number of likely N-dealkylation sites (tertiary alicyclic amines) is 1. The molecule has 74 valence electrons. The number of hydrogen-bond donors (Lipinski definition) is 2. The van der Waals surface area contributed by atoms with E-state index in [1.54, 1.807) is 0 Å². The molecule has 1 saturated heterocycles. The number of alkyl halides is 1. The topological polar surface area (TPSA) is 77.8 Å². The van der Waals surface area contributed by atoms with Gasteiger partial charge >= 0.3 is 12.1 Å². The van der Waals surface area contributed by atoms with Gasteiger partial charge in [0.25, 0.3) is 0 Å². The zero-order chi connectivity index (χ0) is 10.1. The number of halogens is 1. The van der Waals surface area contributed by atoms with E-state index in [1.807, 2.05) is 0 Å². The van der Waals surface area contributed by atoms with Crippen LogP contribution in [0.3, 0.4) is 0 Å². The van der Waals surface area contributed by atoms with Gasteiger partial charge in [0.2, 0.25) is 0 Å². The van der Waals surface area contributed by atoms with Crippen LogP contribution in [0.1, 0.15) is 12.8 Å². The Kier molecular flexibility index (Phi) is 2.40. The molecule has 1 atom stereocenters. The highest BCUT2D eigenvalue weighted by molar-refractivity contribution is 5.84. The highest BCUT2D eigenvalue weighted by atomic mass is 19.1. The normalized spacial score (nSPS) is 27.6. The maximum Gasteiger partial charge on any atom is 0.408 e. The van der Waals surface area contributed by atoms with Crippen LogP contribution in [-0.4, -0.2) is 45.9 Å². The van der Waals surface area contributed by atoms with E-state index in [4.69, 9.17) is 10.2 Å². The lowest BCUT2D eigenvalue weighted by atomic mass is 9.99. The second-order valence-electron chi connectivity index (χ2n) is 3.01. The lowest BCUT2D eigenvalue weighted by molar-refractivity contribution is -0.149. The number of carboxylic acid groups (broad SMARTS) is 2. The van der Waals surface area contributed by atoms with Crippen molar-refractivity contribution in [2.45, 2.75) is 18.4 Å². The van der Waals surface area contributed by atoms with Gasteiger partial charge in [-0.2, -0.15) is 0 Å². The van der Waals surface area contributed by atoms with Crippen molar-refractivity contribution in [3.05, 3.63) is 0 Å². The van der Waals surface area contributed by atoms with Gasteiger partial charge in [0.05, 0.1) is 0 Å². The number of hydrogen-bond acceptors (Lipinski definition) is 2. The van der Waals surface area contributed by atoms with E-state index in [2.05, 4.69) is 0 Å². The van der Waals surface area contributed by atoms with E-state index in [1.165, 1.54) is 0 Å². The molecule has 0 bridgehead atoms. The summed E-state index contributed by atoms with van der Waals surface area (Å²) >= 11 is 0. The summed E-state index contributed by atoms with van der Waals surface area (Å²) in [4.78, 5) is 22.0. The van der Waals surface area contributed by atoms with Crippen molar-refractivity contribution in [3.8, 4) is 0 Å². The number of carbonyl (C=O) groups is 2. The van der Waals surface area contributed by atoms with Gasteiger partial charge in [-0.05, 0) is 12.8 Å². The zero-order valence-corrected chi connectivity index (χ0v) is 6.86. The molecular formula is C7H10FNO4. The van der Waals surface area contributed by atoms with Crippen LogP contribution in [0.5, 0.6) is 0 Å². The van der Waals surface area contributed by atoms with Gasteiger partial charge < -0.3 is 10.2 Å². The first-order valence-corrected chi connectivity index (χ1v) is 3.84. The molecule has 1 amide bonds. The SMILES string of the molecule is O=C(O)N1CCC[C@]1(CF)C(=O)O. The van der Waals surface area contributed by atoms with E-state index in [0.29, 0.717) is 11.3 Å². The molecule has 5 nitrogen and oxygen atoms in total. The summed E-state index contributed by atoms with van der Waals surface area (Å²) in [5, 5.41) is 17.4. The van der Waals surface area contributed by atoms with Crippen LogP contribution in [0.2, 0.25) is 0 Å². The Morgan fingerprint density at radius 1 is 1.46 bits per heavy atom. The maximum atomic E-state index is 12.5. The molecule has 0 aromatic heterocycles. The van der Waals surface area contributed by atoms with Crippen LogP contribution in [-0.2, 0) is 4.79 Å². The van der Waals surface area contributed by atoms with Crippen molar-refractivity contribution >= 4 is 12.1 Å². The minimum atomic E-state index is -1.84. The molecule has 0 aromatic rings. The first kappa shape index (κ1) is 9.76. The van der Waals surface area contributed by atoms with Crippen molar-refractivity contribution in [3.63, 3.8) is 0 Å². The van der Waals surface area contributed by atoms with Gasteiger partial charge in [0, 0.05) is 6.54 Å². The molecule has 6 heteroatoms. The summed E-state index contributed by atoms with van der Waals surface area (Å²) in [6.45, 7) is -1.08. The Labute approximate surface area is 73.8 Å². The van der Waals surface area contributed by atoms with E-state index >= 15 is 0 Å². The van der Waals surface area contributed by atoms with Crippen LogP contribution >= 0.6 is 0 Å². The molecule has 0 spiro atoms. The second kappa shape index (κ2) is 3.20. The number of carboxylic acids is 1. The van der Waals surface area contributed by atoms with Gasteiger partial charge in [-0.25, -0.2) is 14.0 Å². The van der Waals surface area contributed by atoms with Gasteiger partial charge in [0.1, 0.15) is 6.67 Å². The third-order valence-electron chi connectivity index (χ3n) is 2.34. The molecule has 0 aliphatic carbocycles. The highest BCUT2D eigenvalue weighted by Crippen LogP contribution is 2.30. The second-order valence-corrected chi connectivity index (χ2v) is 3.01. The van der Waals surface area contributed by atoms with Crippen LogP contribution in [0.15, 0.2) is 0 Å². The summed E-state index contributed by atoms with van der Waals surface area (Å²) in [5.41, 5.74) is -1.84. The predicted octanol–water partition coefficient (Wildman–Crippen LogP) is 0.553. The molecule has 1 fully saturated rings. The zero-order valence-electron chi connectivity index (χ0n) is 6.86. The lowest BCUT2D eigenvalue weighted by Crippen LogP contribution is -2.54. The monoisotopic (exact) mass is 191 g/mol. The number of rotatable bonds is 2. The van der Waals surface area contributed by atoms with Gasteiger partial charge in [0.15, 0.2) is 5.54 Å². The molecule has 1 aliphatic heterocycles. The fraction of sp³-hybridized carbons (Fsp3) is 0.714. The molecule has 0 radical (unpaired) electrons. The maximum absolute atomic E-state index is 12.5. The molecule has 2 N–H and O–H groups in total. The first-order chi connectivity index (χ1) is 6.04. The molecule has 1 rings (SSSR count). The number of amides is 1. The Balaban J connectivity index is 2.96. The Hall–Kier alpha value is -1.33. The van der Waals surface area contributed by atoms with E-state index in [-0.39, 0.29) is 13.0 Å². The summed E-state index contributed by atoms with van der Waals surface area (Å²) < 4.78 is 12.5. The standard InChI is InChI=1S/C7H10FNO4/c8-4-7(5(10)11)2-1-3-9(7)6(12)13/h1-4H2,(H,10,11)(H,12,13)/t7-/m0/s1. The molecule has 0 saturated carbocycles. The third-order valence-corrected chi connectivity index (χ3v) is 2.34. The first-order valence-electron chi connectivity index (χ1n) is 3.84. The van der Waals surface area contributed by atoms with Crippen LogP contribution in [0, 0.1) is 0 Å². The molecule has 0 aromatic carbocycles. The van der Waals surface area contributed by atoms with Gasteiger partial charge in [-0.15, -0.1) is 0 Å². The summed E-state index contributed by atoms with van der Waals surface area (Å²) in [7, 11) is 0. The fourth-order valence-corrected chi connectivity index (χ4v) is 1.58. The molecule has 0 unspecified atom stereocenters. The summed E-state index contributed by atoms with van der Waals surface area (Å²) in [6, 6.07) is 0. The summed E-state index contributed by atoms with van der Waals surface area (Å²) in [6.07, 6.45) is -0.939. The van der Waals surface area contributed by atoms with E-state index in [9.17, 15) is 14.0 Å². The Morgan fingerprint density at radius 3 is 2.38 bits per heavy atom. The van der Waals surface area contributed by atoms with Crippen LogP contribution in [0.25, 0.3) is 0 Å². The predicted molar refractivity (Wildman–Crippen MR) is 40.3 cm³/mol. The highest BCUT2D eigenvalue weighted by Gasteiger charge is 2.50. The minimum Gasteiger partial charge on any atom is -0.479 e. The number of nitrogens with zero attached hydrogens (tertiary/aromatic N) is 1. The molecule has 13 heavy (non-hydrogen) atoms. The average Bonchev–Trinajstić information content (AvgIpc) is 2.48. The Bertz CT molecular complexity index is 245. The van der Waals surface area contributed by atoms with Gasteiger partial charge in [-0.3, -0.25) is 4.90 Å². The minimum absolute atomic E-state index is 0.0468. The van der Waals surface area contributed by atoms with Crippen molar-refractivity contribution in [2.24, 2.45) is 0 Å². The van der Waals surface area contributed by atoms with Gasteiger partial charge in [-0.1, -0.05) is 0 Å². The molecule has 1 heterocycles. The van der Waals surface area contributed by atoms with Crippen molar-refractivity contribution in [1.29, 1.82) is 0 Å². The molecular weight excluding hydrogens is 181 g/mol. The Morgan fingerprint density at radius 2 is 2.08 bits per heavy atom. The van der Waals surface area contributed by atoms with Crippen molar-refractivity contribution in [1.82, 2.24) is 4.90 Å². The average molecular weight is 191 g/mol. The van der Waals surface area contributed by atoms with E-state index < -0.39 is 24.3 Å². The smallest absolute Gasteiger partial charge is 0.408 e. The quantitative estimate of drug-likeness (QED) is 0.668. The lowest BCUT2D eigenvalue weighted by Gasteiger charge is -2.29. The van der Waals surface area contributed by atoms with Crippen molar-refractivity contribution < 1.29 is 24.2 Å². The van der Waals surface area contributed by atoms with Crippen LogP contribution in [0.4, 0.5) is 9.18 Å². The van der Waals surface area contributed by atoms with Crippen LogP contribution < -0.4 is 0 Å². The fourth-order valence-electron chi connectivity index (χ4n) is 1.58.